The molecular weight excluding hydrogens is 456 g/mol. The Morgan fingerprint density at radius 3 is 2.36 bits per heavy atom. The van der Waals surface area contributed by atoms with Gasteiger partial charge in [0, 0.05) is 12.2 Å². The van der Waals surface area contributed by atoms with Gasteiger partial charge in [-0.3, -0.25) is 4.79 Å². The summed E-state index contributed by atoms with van der Waals surface area (Å²) in [4.78, 5) is 14.8. The van der Waals surface area contributed by atoms with Crippen molar-refractivity contribution in [3.05, 3.63) is 83.4 Å². The number of nitrogens with zero attached hydrogens (tertiary/aromatic N) is 2. The molecular formula is C29H28N2O5. The molecule has 0 unspecified atom stereocenters. The van der Waals surface area contributed by atoms with Crippen molar-refractivity contribution in [3.63, 3.8) is 0 Å². The van der Waals surface area contributed by atoms with Gasteiger partial charge < -0.3 is 23.8 Å². The number of amides is 1. The molecule has 36 heavy (non-hydrogen) atoms. The molecule has 7 heteroatoms. The molecule has 0 saturated carbocycles. The van der Waals surface area contributed by atoms with E-state index >= 15 is 0 Å². The Bertz CT molecular complexity index is 1290. The first-order valence-corrected chi connectivity index (χ1v) is 11.8. The predicted octanol–water partition coefficient (Wildman–Crippen LogP) is 5.05. The number of benzene rings is 3. The molecule has 0 atom stereocenters. The Kier molecular flexibility index (Phi) is 8.09. The number of methoxy groups -OCH3 is 1. The summed E-state index contributed by atoms with van der Waals surface area (Å²) in [6.45, 7) is 3.49. The van der Waals surface area contributed by atoms with Crippen LogP contribution in [0.3, 0.4) is 0 Å². The van der Waals surface area contributed by atoms with E-state index in [0.717, 1.165) is 17.7 Å². The van der Waals surface area contributed by atoms with Gasteiger partial charge in [0.25, 0.3) is 5.91 Å². The van der Waals surface area contributed by atoms with E-state index in [-0.39, 0.29) is 11.5 Å². The zero-order valence-electron chi connectivity index (χ0n) is 20.4. The highest BCUT2D eigenvalue weighted by Gasteiger charge is 2.26. The van der Waals surface area contributed by atoms with Crippen LogP contribution in [0, 0.1) is 11.3 Å². The van der Waals surface area contributed by atoms with Crippen molar-refractivity contribution >= 4 is 17.7 Å². The van der Waals surface area contributed by atoms with Crippen molar-refractivity contribution in [2.45, 2.75) is 13.3 Å². The molecule has 1 aliphatic rings. The molecule has 3 aromatic carbocycles. The molecule has 1 aliphatic heterocycles. The Balaban J connectivity index is 1.45. The van der Waals surface area contributed by atoms with E-state index in [0.29, 0.717) is 54.9 Å². The molecule has 7 nitrogen and oxygen atoms in total. The minimum Gasteiger partial charge on any atom is -0.493 e. The smallest absolute Gasteiger partial charge is 0.268 e. The van der Waals surface area contributed by atoms with E-state index in [9.17, 15) is 10.1 Å². The molecule has 0 spiro atoms. The topological polar surface area (TPSA) is 81.0 Å². The van der Waals surface area contributed by atoms with Crippen LogP contribution >= 0.6 is 0 Å². The Morgan fingerprint density at radius 2 is 1.64 bits per heavy atom. The zero-order chi connectivity index (χ0) is 25.3. The molecule has 0 bridgehead atoms. The summed E-state index contributed by atoms with van der Waals surface area (Å²) in [5.74, 6) is 2.07. The van der Waals surface area contributed by atoms with Crippen LogP contribution in [0.5, 0.6) is 23.0 Å². The predicted molar refractivity (Wildman–Crippen MR) is 138 cm³/mol. The lowest BCUT2D eigenvalue weighted by Crippen LogP contribution is -2.29. The Morgan fingerprint density at radius 1 is 0.944 bits per heavy atom. The number of para-hydroxylation sites is 3. The van der Waals surface area contributed by atoms with E-state index in [1.54, 1.807) is 36.3 Å². The van der Waals surface area contributed by atoms with Crippen LogP contribution in [0.1, 0.15) is 18.1 Å². The summed E-state index contributed by atoms with van der Waals surface area (Å²) in [7, 11) is 1.60. The van der Waals surface area contributed by atoms with Gasteiger partial charge in [0.1, 0.15) is 24.9 Å². The number of carbonyl (C=O) groups excluding carboxylic acids is 1. The van der Waals surface area contributed by atoms with Crippen LogP contribution in [-0.4, -0.2) is 39.4 Å². The minimum absolute atomic E-state index is 0.0630. The van der Waals surface area contributed by atoms with Crippen molar-refractivity contribution in [2.24, 2.45) is 0 Å². The van der Waals surface area contributed by atoms with Crippen LogP contribution in [-0.2, 0) is 11.2 Å². The van der Waals surface area contributed by atoms with Crippen molar-refractivity contribution in [1.29, 1.82) is 5.26 Å². The van der Waals surface area contributed by atoms with Gasteiger partial charge in [0.15, 0.2) is 23.0 Å². The summed E-state index contributed by atoms with van der Waals surface area (Å²) in [6, 6.07) is 22.6. The average molecular weight is 485 g/mol. The number of carbonyl (C=O) groups is 1. The second-order valence-electron chi connectivity index (χ2n) is 7.99. The monoisotopic (exact) mass is 484 g/mol. The molecule has 184 valence electrons. The molecule has 0 saturated heterocycles. The quantitative estimate of drug-likeness (QED) is 0.228. The van der Waals surface area contributed by atoms with Crippen LogP contribution in [0.4, 0.5) is 5.69 Å². The first-order valence-electron chi connectivity index (χ1n) is 11.8. The SMILES string of the molecule is CCOc1cc(/C=C(\C#N)C(=O)N2CCc3ccccc32)ccc1OCCOc1ccccc1OC. The number of hydrogen-bond donors (Lipinski definition) is 0. The van der Waals surface area contributed by atoms with Crippen molar-refractivity contribution < 1.29 is 23.7 Å². The second kappa shape index (κ2) is 11.8. The van der Waals surface area contributed by atoms with Gasteiger partial charge in [-0.15, -0.1) is 0 Å². The summed E-state index contributed by atoms with van der Waals surface area (Å²) in [5.41, 5.74) is 2.71. The maximum absolute atomic E-state index is 13.1. The molecule has 0 aliphatic carbocycles. The van der Waals surface area contributed by atoms with E-state index in [4.69, 9.17) is 18.9 Å². The number of nitriles is 1. The third-order valence-corrected chi connectivity index (χ3v) is 5.73. The summed E-state index contributed by atoms with van der Waals surface area (Å²) in [5, 5.41) is 9.72. The highest BCUT2D eigenvalue weighted by molar-refractivity contribution is 6.12. The first-order chi connectivity index (χ1) is 17.6. The largest absolute Gasteiger partial charge is 0.493 e. The highest BCUT2D eigenvalue weighted by atomic mass is 16.5. The van der Waals surface area contributed by atoms with Gasteiger partial charge in [0.2, 0.25) is 0 Å². The lowest BCUT2D eigenvalue weighted by atomic mass is 10.1. The summed E-state index contributed by atoms with van der Waals surface area (Å²) >= 11 is 0. The Labute approximate surface area is 211 Å². The maximum atomic E-state index is 13.1. The maximum Gasteiger partial charge on any atom is 0.268 e. The molecule has 3 aromatic rings. The van der Waals surface area contributed by atoms with E-state index in [2.05, 4.69) is 6.07 Å². The lowest BCUT2D eigenvalue weighted by molar-refractivity contribution is -0.114. The fourth-order valence-corrected chi connectivity index (χ4v) is 4.05. The molecule has 0 fully saturated rings. The van der Waals surface area contributed by atoms with E-state index in [1.165, 1.54) is 0 Å². The molecule has 1 heterocycles. The van der Waals surface area contributed by atoms with Gasteiger partial charge in [-0.05, 0) is 60.9 Å². The van der Waals surface area contributed by atoms with E-state index in [1.807, 2.05) is 55.5 Å². The Hall–Kier alpha value is -4.44. The zero-order valence-corrected chi connectivity index (χ0v) is 20.4. The van der Waals surface area contributed by atoms with Crippen molar-refractivity contribution in [3.8, 4) is 29.1 Å². The van der Waals surface area contributed by atoms with Gasteiger partial charge >= 0.3 is 0 Å². The van der Waals surface area contributed by atoms with Crippen LogP contribution in [0.15, 0.2) is 72.3 Å². The van der Waals surface area contributed by atoms with Gasteiger partial charge in [0.05, 0.1) is 13.7 Å². The normalized spacial score (nSPS) is 12.5. The third-order valence-electron chi connectivity index (χ3n) is 5.73. The van der Waals surface area contributed by atoms with Crippen molar-refractivity contribution in [1.82, 2.24) is 0 Å². The molecule has 1 amide bonds. The van der Waals surface area contributed by atoms with E-state index < -0.39 is 0 Å². The average Bonchev–Trinajstić information content (AvgIpc) is 3.35. The fraction of sp³-hybridized carbons (Fsp3) is 0.241. The standard InChI is InChI=1S/C29H28N2O5/c1-3-34-28-19-21(12-13-27(28)36-17-16-35-26-11-7-6-10-25(26)33-2)18-23(20-30)29(32)31-15-14-22-8-4-5-9-24(22)31/h4-13,18-19H,3,14-17H2,1-2H3/b23-18+. The van der Waals surface area contributed by atoms with Gasteiger partial charge in [-0.25, -0.2) is 0 Å². The molecule has 4 rings (SSSR count). The van der Waals surface area contributed by atoms with Gasteiger partial charge in [-0.1, -0.05) is 36.4 Å². The molecule has 0 N–H and O–H groups in total. The first kappa shape index (κ1) is 24.7. The van der Waals surface area contributed by atoms with Crippen LogP contribution in [0.25, 0.3) is 6.08 Å². The summed E-state index contributed by atoms with van der Waals surface area (Å²) < 4.78 is 22.7. The van der Waals surface area contributed by atoms with Crippen molar-refractivity contribution in [2.75, 3.05) is 38.4 Å². The minimum atomic E-state index is -0.311. The number of anilines is 1. The lowest BCUT2D eigenvalue weighted by Gasteiger charge is -2.17. The number of fused-ring (bicyclic) bond motifs is 1. The highest BCUT2D eigenvalue weighted by Crippen LogP contribution is 2.32. The number of rotatable bonds is 10. The van der Waals surface area contributed by atoms with Crippen LogP contribution < -0.4 is 23.8 Å². The molecule has 0 radical (unpaired) electrons. The van der Waals surface area contributed by atoms with Crippen LogP contribution in [0.2, 0.25) is 0 Å². The second-order valence-corrected chi connectivity index (χ2v) is 7.99. The third kappa shape index (κ3) is 5.61. The number of ether oxygens (including phenoxy) is 4. The fourth-order valence-electron chi connectivity index (χ4n) is 4.05. The molecule has 0 aromatic heterocycles. The number of hydrogen-bond acceptors (Lipinski definition) is 6. The van der Waals surface area contributed by atoms with Gasteiger partial charge in [-0.2, -0.15) is 5.26 Å². The summed E-state index contributed by atoms with van der Waals surface area (Å²) in [6.07, 6.45) is 2.36.